The van der Waals surface area contributed by atoms with Crippen molar-refractivity contribution in [3.63, 3.8) is 0 Å². The maximum absolute atomic E-state index is 13.7. The Bertz CT molecular complexity index is 2070. The van der Waals surface area contributed by atoms with Gasteiger partial charge < -0.3 is 57.5 Å². The molecule has 0 fully saturated rings. The molecule has 5 rings (SSSR count). The number of H-pyrrole nitrogens is 3. The normalized spacial score (nSPS) is 13.4. The topological polar surface area (TPSA) is 289 Å². The number of carbonyl (C=O) groups excluding carboxylic acids is 5. The third-order valence-corrected chi connectivity index (χ3v) is 8.52. The van der Waals surface area contributed by atoms with Crippen LogP contribution >= 0.6 is 0 Å². The van der Waals surface area contributed by atoms with Crippen LogP contribution in [0.1, 0.15) is 16.8 Å². The van der Waals surface area contributed by atoms with E-state index in [1.807, 2.05) is 42.5 Å². The summed E-state index contributed by atoms with van der Waals surface area (Å²) in [5.74, 6) is -5.25. The molecule has 0 spiro atoms. The largest absolute Gasteiger partial charge is 0.480 e. The molecule has 0 unspecified atom stereocenters. The summed E-state index contributed by atoms with van der Waals surface area (Å²) in [4.78, 5) is 90.4. The van der Waals surface area contributed by atoms with Crippen LogP contribution in [-0.4, -0.2) is 110 Å². The average molecular weight is 729 g/mol. The van der Waals surface area contributed by atoms with Gasteiger partial charge in [0.2, 0.25) is 29.5 Å². The molecular weight excluding hydrogens is 688 g/mol. The number of imidazole rings is 1. The van der Waals surface area contributed by atoms with Gasteiger partial charge in [0.1, 0.15) is 24.2 Å². The third-order valence-electron chi connectivity index (χ3n) is 8.52. The highest BCUT2D eigenvalue weighted by atomic mass is 16.4. The molecule has 0 aliphatic heterocycles. The van der Waals surface area contributed by atoms with E-state index in [0.29, 0.717) is 16.8 Å². The summed E-state index contributed by atoms with van der Waals surface area (Å²) in [6.07, 6.45) is 5.88. The number of aromatic nitrogens is 4. The van der Waals surface area contributed by atoms with Crippen molar-refractivity contribution in [3.8, 4) is 0 Å². The van der Waals surface area contributed by atoms with Crippen molar-refractivity contribution in [1.82, 2.24) is 46.5 Å². The first-order valence-electron chi connectivity index (χ1n) is 16.6. The smallest absolute Gasteiger partial charge is 0.326 e. The zero-order chi connectivity index (χ0) is 37.9. The summed E-state index contributed by atoms with van der Waals surface area (Å²) < 4.78 is 0. The van der Waals surface area contributed by atoms with Gasteiger partial charge in [-0.15, -0.1) is 0 Å². The van der Waals surface area contributed by atoms with Crippen LogP contribution in [0.25, 0.3) is 21.8 Å². The second-order valence-electron chi connectivity index (χ2n) is 12.2. The van der Waals surface area contributed by atoms with Gasteiger partial charge in [-0.25, -0.2) is 9.78 Å². The van der Waals surface area contributed by atoms with Gasteiger partial charge in [0.05, 0.1) is 26.0 Å². The zero-order valence-corrected chi connectivity index (χ0v) is 28.3. The number of nitrogens with zero attached hydrogens (tertiary/aromatic N) is 1. The number of fused-ring (bicyclic) bond motifs is 2. The average Bonchev–Trinajstić information content (AvgIpc) is 3.92. The Morgan fingerprint density at radius 3 is 1.75 bits per heavy atom. The van der Waals surface area contributed by atoms with E-state index in [1.54, 1.807) is 18.5 Å². The first kappa shape index (κ1) is 37.7. The number of nitrogens with two attached hydrogens (primary N) is 1. The Kier molecular flexibility index (Phi) is 12.5. The lowest BCUT2D eigenvalue weighted by Crippen LogP contribution is -2.59. The molecule has 278 valence electrons. The van der Waals surface area contributed by atoms with Crippen LogP contribution in [-0.2, 0) is 48.0 Å². The highest BCUT2D eigenvalue weighted by Gasteiger charge is 2.32. The van der Waals surface area contributed by atoms with Crippen molar-refractivity contribution in [3.05, 3.63) is 90.3 Å². The monoisotopic (exact) mass is 728 g/mol. The lowest BCUT2D eigenvalue weighted by atomic mass is 10.0. The Morgan fingerprint density at radius 1 is 0.679 bits per heavy atom. The number of rotatable bonds is 18. The molecule has 0 bridgehead atoms. The molecule has 0 radical (unpaired) electrons. The fourth-order valence-corrected chi connectivity index (χ4v) is 5.78. The van der Waals surface area contributed by atoms with Gasteiger partial charge >= 0.3 is 5.97 Å². The van der Waals surface area contributed by atoms with Crippen molar-refractivity contribution < 1.29 is 39.0 Å². The second-order valence-corrected chi connectivity index (χ2v) is 12.2. The zero-order valence-electron chi connectivity index (χ0n) is 28.3. The third kappa shape index (κ3) is 9.83. The predicted molar refractivity (Wildman–Crippen MR) is 191 cm³/mol. The molecule has 5 aromatic rings. The Hall–Kier alpha value is -6.53. The maximum atomic E-state index is 13.7. The summed E-state index contributed by atoms with van der Waals surface area (Å²) in [5.41, 5.74) is 8.61. The van der Waals surface area contributed by atoms with E-state index in [2.05, 4.69) is 46.5 Å². The van der Waals surface area contributed by atoms with Crippen molar-refractivity contribution in [2.75, 3.05) is 19.7 Å². The van der Waals surface area contributed by atoms with Gasteiger partial charge in [-0.1, -0.05) is 36.4 Å². The quantitative estimate of drug-likeness (QED) is 0.0496. The van der Waals surface area contributed by atoms with Gasteiger partial charge in [-0.3, -0.25) is 24.0 Å². The van der Waals surface area contributed by atoms with Crippen molar-refractivity contribution in [1.29, 1.82) is 0 Å². The molecular formula is C35H40N10O8. The molecule has 0 aliphatic rings. The minimum Gasteiger partial charge on any atom is -0.480 e. The predicted octanol–water partition coefficient (Wildman–Crippen LogP) is -1.51. The van der Waals surface area contributed by atoms with E-state index in [-0.39, 0.29) is 25.8 Å². The number of aliphatic carboxylic acids is 1. The standard InChI is InChI=1S/C35H40N10O8/c36-12-30(47)40-16-31(48)42-26(9-19-13-38-24-7-3-1-5-22(19)24)32(49)45-29(17-46)34(51)43-27(11-21-15-37-18-41-21)33(50)44-28(35(52)53)10-20-14-39-25-8-4-2-6-23(20)25/h1-8,13-15,18,26-29,38-39,46H,9-12,16-17,36H2,(H,37,41)(H,40,47)(H,42,48)(H,43,51)(H,44,50)(H,45,49)(H,52,53)/t26-,27-,28-,29-/m0/s1. The SMILES string of the molecule is NCC(=O)NCC(=O)N[C@@H](Cc1c[nH]c2ccccc12)C(=O)N[C@@H](CO)C(=O)N[C@@H](Cc1cnc[nH]1)C(=O)N[C@@H](Cc1c[nH]c2ccccc12)C(=O)O. The summed E-state index contributed by atoms with van der Waals surface area (Å²) in [6, 6.07) is 8.96. The van der Waals surface area contributed by atoms with Crippen molar-refractivity contribution in [2.45, 2.75) is 43.4 Å². The number of amides is 5. The summed E-state index contributed by atoms with van der Waals surface area (Å²) in [7, 11) is 0. The number of carbonyl (C=O) groups is 6. The summed E-state index contributed by atoms with van der Waals surface area (Å²) in [6.45, 7) is -1.71. The first-order valence-corrected chi connectivity index (χ1v) is 16.6. The molecule has 18 heteroatoms. The van der Waals surface area contributed by atoms with Gasteiger partial charge in [0.15, 0.2) is 0 Å². The highest BCUT2D eigenvalue weighted by Crippen LogP contribution is 2.20. The molecule has 4 atom stereocenters. The second kappa shape index (κ2) is 17.6. The molecule has 2 aromatic carbocycles. The number of carboxylic acid groups (broad SMARTS) is 1. The molecule has 0 saturated carbocycles. The van der Waals surface area contributed by atoms with E-state index in [4.69, 9.17) is 5.73 Å². The molecule has 5 amide bonds. The maximum Gasteiger partial charge on any atom is 0.326 e. The van der Waals surface area contributed by atoms with Crippen LogP contribution in [0.5, 0.6) is 0 Å². The Balaban J connectivity index is 1.30. The van der Waals surface area contributed by atoms with Gasteiger partial charge in [0, 0.05) is 65.4 Å². The number of benzene rings is 2. The summed E-state index contributed by atoms with van der Waals surface area (Å²) in [5, 5.41) is 34.1. The number of hydrogen-bond donors (Lipinski definition) is 11. The minimum absolute atomic E-state index is 0.0376. The fourth-order valence-electron chi connectivity index (χ4n) is 5.78. The lowest BCUT2D eigenvalue weighted by molar-refractivity contribution is -0.142. The van der Waals surface area contributed by atoms with Crippen LogP contribution in [0.2, 0.25) is 0 Å². The van der Waals surface area contributed by atoms with Crippen molar-refractivity contribution >= 4 is 57.3 Å². The number of nitrogens with one attached hydrogen (secondary N) is 8. The number of hydrogen-bond acceptors (Lipinski definition) is 9. The number of carboxylic acids is 1. The van der Waals surface area contributed by atoms with E-state index in [1.165, 1.54) is 12.5 Å². The van der Waals surface area contributed by atoms with Crippen LogP contribution < -0.4 is 32.3 Å². The van der Waals surface area contributed by atoms with E-state index >= 15 is 0 Å². The van der Waals surface area contributed by atoms with E-state index in [9.17, 15) is 39.0 Å². The van der Waals surface area contributed by atoms with Crippen molar-refractivity contribution in [2.24, 2.45) is 5.73 Å². The molecule has 12 N–H and O–H groups in total. The minimum atomic E-state index is -1.60. The van der Waals surface area contributed by atoms with E-state index < -0.39 is 72.8 Å². The molecule has 0 saturated heterocycles. The van der Waals surface area contributed by atoms with Crippen LogP contribution in [0.15, 0.2) is 73.4 Å². The fraction of sp³-hybridized carbons (Fsp3) is 0.286. The Morgan fingerprint density at radius 2 is 1.21 bits per heavy atom. The molecule has 0 aliphatic carbocycles. The van der Waals surface area contributed by atoms with E-state index in [0.717, 1.165) is 21.8 Å². The van der Waals surface area contributed by atoms with Crippen LogP contribution in [0.3, 0.4) is 0 Å². The van der Waals surface area contributed by atoms with Gasteiger partial charge in [-0.2, -0.15) is 0 Å². The van der Waals surface area contributed by atoms with Gasteiger partial charge in [0.25, 0.3) is 0 Å². The number of aliphatic hydroxyl groups excluding tert-OH is 1. The number of para-hydroxylation sites is 2. The first-order chi connectivity index (χ1) is 25.6. The number of aromatic amines is 3. The number of aliphatic hydroxyl groups is 1. The highest BCUT2D eigenvalue weighted by molar-refractivity contribution is 5.96. The van der Waals surface area contributed by atoms with Gasteiger partial charge in [-0.05, 0) is 23.3 Å². The molecule has 18 nitrogen and oxygen atoms in total. The summed E-state index contributed by atoms with van der Waals surface area (Å²) >= 11 is 0. The van der Waals surface area contributed by atoms with Crippen LogP contribution in [0.4, 0.5) is 0 Å². The lowest BCUT2D eigenvalue weighted by Gasteiger charge is -2.25. The molecule has 53 heavy (non-hydrogen) atoms. The van der Waals surface area contributed by atoms with Crippen LogP contribution in [0, 0.1) is 0 Å². The molecule has 3 heterocycles. The Labute approximate surface area is 301 Å². The molecule has 3 aromatic heterocycles.